The maximum Gasteiger partial charge on any atom is 0.144 e. The number of rotatable bonds is 10. The van der Waals surface area contributed by atoms with Crippen LogP contribution in [0.5, 0.6) is 0 Å². The molecule has 1 saturated carbocycles. The highest BCUT2D eigenvalue weighted by atomic mass is 16.5. The van der Waals surface area contributed by atoms with E-state index in [2.05, 4.69) is 97.8 Å². The maximum atomic E-state index is 7.21. The van der Waals surface area contributed by atoms with Crippen LogP contribution >= 0.6 is 0 Å². The highest BCUT2D eigenvalue weighted by Gasteiger charge is 2.40. The van der Waals surface area contributed by atoms with Crippen LogP contribution in [0.25, 0.3) is 0 Å². The molecule has 1 nitrogen and oxygen atoms in total. The normalized spacial score (nSPS) is 15.8. The Bertz CT molecular complexity index is 1030. The van der Waals surface area contributed by atoms with E-state index in [0.717, 1.165) is 29.5 Å². The number of benzene rings is 3. The fourth-order valence-electron chi connectivity index (χ4n) is 5.36. The monoisotopic (exact) mass is 474 g/mol. The number of hydrogen-bond donors (Lipinski definition) is 0. The van der Waals surface area contributed by atoms with Crippen molar-refractivity contribution >= 4 is 0 Å². The summed E-state index contributed by atoms with van der Waals surface area (Å²) < 4.78 is 7.21. The van der Waals surface area contributed by atoms with Crippen LogP contribution in [-0.4, -0.2) is 6.10 Å². The van der Waals surface area contributed by atoms with Gasteiger partial charge in [-0.05, 0) is 36.0 Å². The molecular weight excluding hydrogens is 436 g/mol. The summed E-state index contributed by atoms with van der Waals surface area (Å²) in [5.41, 5.74) is 2.50. The summed E-state index contributed by atoms with van der Waals surface area (Å²) in [5, 5.41) is 0. The minimum atomic E-state index is -0.780. The van der Waals surface area contributed by atoms with Gasteiger partial charge in [0.2, 0.25) is 0 Å². The van der Waals surface area contributed by atoms with Crippen molar-refractivity contribution < 1.29 is 4.74 Å². The van der Waals surface area contributed by atoms with Gasteiger partial charge in [0, 0.05) is 18.3 Å². The van der Waals surface area contributed by atoms with Gasteiger partial charge in [-0.1, -0.05) is 128 Å². The van der Waals surface area contributed by atoms with E-state index < -0.39 is 5.60 Å². The van der Waals surface area contributed by atoms with Crippen molar-refractivity contribution in [2.45, 2.75) is 56.7 Å². The van der Waals surface area contributed by atoms with Crippen LogP contribution < -0.4 is 0 Å². The Kier molecular flexibility index (Phi) is 9.37. The zero-order valence-corrected chi connectivity index (χ0v) is 21.3. The molecule has 1 fully saturated rings. The van der Waals surface area contributed by atoms with Gasteiger partial charge in [-0.15, -0.1) is 19.1 Å². The lowest BCUT2D eigenvalue weighted by molar-refractivity contribution is -0.0427. The van der Waals surface area contributed by atoms with Gasteiger partial charge in [0.15, 0.2) is 0 Å². The third-order valence-electron chi connectivity index (χ3n) is 7.32. The molecule has 0 radical (unpaired) electrons. The minimum Gasteiger partial charge on any atom is -0.353 e. The van der Waals surface area contributed by atoms with Gasteiger partial charge in [0.05, 0.1) is 6.10 Å². The molecule has 0 aromatic heterocycles. The lowest BCUT2D eigenvalue weighted by atomic mass is 9.79. The van der Waals surface area contributed by atoms with Crippen molar-refractivity contribution in [2.24, 2.45) is 11.8 Å². The zero-order chi connectivity index (χ0) is 25.1. The van der Waals surface area contributed by atoms with Crippen molar-refractivity contribution in [1.82, 2.24) is 0 Å². The lowest BCUT2D eigenvalue weighted by Gasteiger charge is -2.40. The zero-order valence-electron chi connectivity index (χ0n) is 21.3. The van der Waals surface area contributed by atoms with Crippen LogP contribution in [0.2, 0.25) is 0 Å². The first kappa shape index (κ1) is 25.7. The molecule has 0 bridgehead atoms. The second-order valence-electron chi connectivity index (χ2n) is 9.69. The molecule has 0 amide bonds. The third-order valence-corrected chi connectivity index (χ3v) is 7.32. The lowest BCUT2D eigenvalue weighted by Crippen LogP contribution is -2.38. The summed E-state index contributed by atoms with van der Waals surface area (Å²) in [4.78, 5) is 0. The predicted molar refractivity (Wildman–Crippen MR) is 152 cm³/mol. The summed E-state index contributed by atoms with van der Waals surface area (Å²) >= 11 is 0. The van der Waals surface area contributed by atoms with Gasteiger partial charge < -0.3 is 4.74 Å². The second-order valence-corrected chi connectivity index (χ2v) is 9.69. The van der Waals surface area contributed by atoms with Crippen LogP contribution in [-0.2, 0) is 10.3 Å². The molecule has 0 heterocycles. The molecule has 3 aromatic rings. The van der Waals surface area contributed by atoms with Gasteiger partial charge in [-0.3, -0.25) is 0 Å². The Morgan fingerprint density at radius 2 is 1.25 bits per heavy atom. The molecule has 36 heavy (non-hydrogen) atoms. The first-order valence-corrected chi connectivity index (χ1v) is 13.4. The van der Waals surface area contributed by atoms with E-state index in [-0.39, 0.29) is 12.0 Å². The number of ether oxygens (including phenoxy) is 1. The summed E-state index contributed by atoms with van der Waals surface area (Å²) in [6.45, 7) is 8.36. The van der Waals surface area contributed by atoms with Crippen LogP contribution in [0.15, 0.2) is 116 Å². The maximum absolute atomic E-state index is 7.21. The van der Waals surface area contributed by atoms with E-state index >= 15 is 0 Å². The highest BCUT2D eigenvalue weighted by Crippen LogP contribution is 2.42. The summed E-state index contributed by atoms with van der Waals surface area (Å²) in [6.07, 6.45) is 12.0. The average molecular weight is 475 g/mol. The molecular formula is C35H38O. The van der Waals surface area contributed by atoms with E-state index in [1.54, 1.807) is 0 Å². The molecule has 0 saturated heterocycles. The van der Waals surface area contributed by atoms with E-state index in [0.29, 0.717) is 5.92 Å². The molecule has 0 aliphatic heterocycles. The van der Waals surface area contributed by atoms with Crippen LogP contribution in [0, 0.1) is 23.7 Å². The van der Waals surface area contributed by atoms with Crippen molar-refractivity contribution in [3.05, 3.63) is 133 Å². The van der Waals surface area contributed by atoms with Gasteiger partial charge in [-0.2, -0.15) is 0 Å². The van der Waals surface area contributed by atoms with E-state index in [1.165, 1.54) is 32.1 Å². The SMILES string of the molecule is C=C[C@H](CCC#CC1CCCCC1)[C@@H](C=C)OC(c1ccccc1)(c1ccccc1)c1ccccc1. The van der Waals surface area contributed by atoms with Gasteiger partial charge >= 0.3 is 0 Å². The molecule has 184 valence electrons. The highest BCUT2D eigenvalue weighted by molar-refractivity contribution is 5.47. The van der Waals surface area contributed by atoms with E-state index in [4.69, 9.17) is 4.74 Å². The fourth-order valence-corrected chi connectivity index (χ4v) is 5.36. The predicted octanol–water partition coefficient (Wildman–Crippen LogP) is 8.72. The van der Waals surface area contributed by atoms with Crippen molar-refractivity contribution in [3.63, 3.8) is 0 Å². The molecule has 2 atom stereocenters. The second kappa shape index (κ2) is 13.1. The van der Waals surface area contributed by atoms with E-state index in [9.17, 15) is 0 Å². The minimum absolute atomic E-state index is 0.110. The first-order chi connectivity index (χ1) is 17.8. The Labute approximate surface area is 217 Å². The molecule has 1 aliphatic carbocycles. The largest absolute Gasteiger partial charge is 0.353 e. The van der Waals surface area contributed by atoms with Crippen LogP contribution in [0.4, 0.5) is 0 Å². The summed E-state index contributed by atoms with van der Waals surface area (Å²) in [6, 6.07) is 31.5. The van der Waals surface area contributed by atoms with Crippen LogP contribution in [0.1, 0.15) is 61.6 Å². The van der Waals surface area contributed by atoms with Crippen molar-refractivity contribution in [1.29, 1.82) is 0 Å². The molecule has 1 aliphatic rings. The molecule has 0 spiro atoms. The molecule has 0 N–H and O–H groups in total. The van der Waals surface area contributed by atoms with E-state index in [1.807, 2.05) is 30.4 Å². The third kappa shape index (κ3) is 6.07. The van der Waals surface area contributed by atoms with Gasteiger partial charge in [0.25, 0.3) is 0 Å². The van der Waals surface area contributed by atoms with Gasteiger partial charge in [-0.25, -0.2) is 0 Å². The molecule has 1 heteroatoms. The smallest absolute Gasteiger partial charge is 0.144 e. The topological polar surface area (TPSA) is 9.23 Å². The Morgan fingerprint density at radius 1 is 0.750 bits per heavy atom. The number of hydrogen-bond acceptors (Lipinski definition) is 1. The Hall–Kier alpha value is -3.34. The van der Waals surface area contributed by atoms with Crippen LogP contribution in [0.3, 0.4) is 0 Å². The molecule has 4 rings (SSSR count). The fraction of sp³-hybridized carbons (Fsp3) is 0.314. The average Bonchev–Trinajstić information content (AvgIpc) is 2.96. The molecule has 3 aromatic carbocycles. The quantitative estimate of drug-likeness (QED) is 0.162. The Morgan fingerprint density at radius 3 is 1.69 bits per heavy atom. The standard InChI is InChI=1S/C35H38O/c1-3-30(22-18-17-21-29-19-9-5-10-20-29)34(4-2)36-35(31-23-11-6-12-24-31,32-25-13-7-14-26-32)33-27-15-8-16-28-33/h3-4,6-8,11-16,23-30,34H,1-2,5,9-10,18-20,22H2/t30-,34-/m1/s1. The summed E-state index contributed by atoms with van der Waals surface area (Å²) in [5.74, 6) is 7.69. The first-order valence-electron chi connectivity index (χ1n) is 13.4. The van der Waals surface area contributed by atoms with Crippen molar-refractivity contribution in [3.8, 4) is 11.8 Å². The molecule has 0 unspecified atom stereocenters. The van der Waals surface area contributed by atoms with Gasteiger partial charge in [0.1, 0.15) is 5.60 Å². The summed E-state index contributed by atoms with van der Waals surface area (Å²) in [7, 11) is 0. The van der Waals surface area contributed by atoms with Crippen molar-refractivity contribution in [2.75, 3.05) is 0 Å². The Balaban J connectivity index is 1.66.